The van der Waals surface area contributed by atoms with E-state index < -0.39 is 6.11 Å². The molecule has 0 atom stereocenters. The van der Waals surface area contributed by atoms with Crippen LogP contribution in [0.2, 0.25) is 0 Å². The van der Waals surface area contributed by atoms with Gasteiger partial charge in [0.25, 0.3) is 0 Å². The van der Waals surface area contributed by atoms with E-state index in [9.17, 15) is 8.78 Å². The summed E-state index contributed by atoms with van der Waals surface area (Å²) in [6, 6.07) is 14.8. The first kappa shape index (κ1) is 15.1. The maximum Gasteiger partial charge on any atom is 0.427 e. The fraction of sp³-hybridized carbons (Fsp3) is 0.238. The topological polar surface area (TPSA) is 9.23 Å². The van der Waals surface area contributed by atoms with Gasteiger partial charge in [0.2, 0.25) is 0 Å². The molecule has 0 saturated carbocycles. The summed E-state index contributed by atoms with van der Waals surface area (Å²) < 4.78 is 34.6. The van der Waals surface area contributed by atoms with Gasteiger partial charge >= 0.3 is 6.11 Å². The van der Waals surface area contributed by atoms with Gasteiger partial charge < -0.3 is 4.74 Å². The van der Waals surface area contributed by atoms with Crippen molar-refractivity contribution in [2.45, 2.75) is 32.8 Å². The first-order valence-electron chi connectivity index (χ1n) is 8.12. The minimum Gasteiger partial charge on any atom is -0.428 e. The van der Waals surface area contributed by atoms with E-state index in [-0.39, 0.29) is 11.3 Å². The largest absolute Gasteiger partial charge is 0.428 e. The van der Waals surface area contributed by atoms with E-state index in [0.29, 0.717) is 16.9 Å². The van der Waals surface area contributed by atoms with Crippen LogP contribution in [0, 0.1) is 6.92 Å². The highest BCUT2D eigenvalue weighted by atomic mass is 19.3. The molecule has 0 amide bonds. The van der Waals surface area contributed by atoms with Gasteiger partial charge in [-0.3, -0.25) is 0 Å². The van der Waals surface area contributed by atoms with Gasteiger partial charge in [-0.1, -0.05) is 56.3 Å². The Morgan fingerprint density at radius 1 is 0.917 bits per heavy atom. The average molecular weight is 324 g/mol. The van der Waals surface area contributed by atoms with Crippen LogP contribution in [0.4, 0.5) is 8.78 Å². The number of benzene rings is 3. The molecule has 0 aliphatic carbocycles. The molecule has 0 spiro atoms. The van der Waals surface area contributed by atoms with Gasteiger partial charge in [0.1, 0.15) is 5.75 Å². The number of hydrogen-bond donors (Lipinski definition) is 0. The van der Waals surface area contributed by atoms with Crippen LogP contribution in [-0.4, -0.2) is 0 Å². The molecule has 0 unspecified atom stereocenters. The minimum absolute atomic E-state index is 0.0355. The van der Waals surface area contributed by atoms with Crippen LogP contribution < -0.4 is 4.74 Å². The second-order valence-corrected chi connectivity index (χ2v) is 6.74. The summed E-state index contributed by atoms with van der Waals surface area (Å²) in [6.07, 6.45) is -3.34. The Hall–Kier alpha value is -2.42. The Balaban J connectivity index is 2.04. The predicted octanol–water partition coefficient (Wildman–Crippen LogP) is 6.38. The zero-order chi connectivity index (χ0) is 17.1. The molecular weight excluding hydrogens is 306 g/mol. The molecule has 3 aromatic rings. The fourth-order valence-corrected chi connectivity index (χ4v) is 3.37. The lowest BCUT2D eigenvalue weighted by Crippen LogP contribution is -2.26. The molecule has 4 rings (SSSR count). The van der Waals surface area contributed by atoms with Crippen LogP contribution in [0.25, 0.3) is 21.9 Å². The van der Waals surface area contributed by atoms with Crippen molar-refractivity contribution in [3.63, 3.8) is 0 Å². The molecule has 0 bridgehead atoms. The Bertz CT molecular complexity index is 957. The maximum absolute atomic E-state index is 14.8. The lowest BCUT2D eigenvalue weighted by Gasteiger charge is -2.29. The minimum atomic E-state index is -3.34. The summed E-state index contributed by atoms with van der Waals surface area (Å²) in [6.45, 7) is 6.05. The van der Waals surface area contributed by atoms with E-state index >= 15 is 0 Å². The number of aryl methyl sites for hydroxylation is 1. The molecule has 0 N–H and O–H groups in total. The number of hydrogen-bond acceptors (Lipinski definition) is 1. The Kier molecular flexibility index (Phi) is 3.17. The third-order valence-corrected chi connectivity index (χ3v) is 4.67. The van der Waals surface area contributed by atoms with Crippen LogP contribution in [-0.2, 0) is 6.11 Å². The average Bonchev–Trinajstić information content (AvgIpc) is 2.52. The monoisotopic (exact) mass is 324 g/mol. The molecule has 1 heterocycles. The second-order valence-electron chi connectivity index (χ2n) is 6.74. The van der Waals surface area contributed by atoms with Crippen molar-refractivity contribution in [2.75, 3.05) is 0 Å². The molecule has 122 valence electrons. The third kappa shape index (κ3) is 2.19. The van der Waals surface area contributed by atoms with Gasteiger partial charge in [0, 0.05) is 5.56 Å². The summed E-state index contributed by atoms with van der Waals surface area (Å²) in [5.41, 5.74) is 3.27. The number of ether oxygens (including phenoxy) is 1. The lowest BCUT2D eigenvalue weighted by molar-refractivity contribution is -0.185. The van der Waals surface area contributed by atoms with E-state index in [1.807, 2.05) is 37.3 Å². The van der Waals surface area contributed by atoms with E-state index in [1.165, 1.54) is 0 Å². The molecular formula is C21H18F2O. The van der Waals surface area contributed by atoms with Gasteiger partial charge in [-0.2, -0.15) is 8.78 Å². The van der Waals surface area contributed by atoms with Crippen LogP contribution in [0.3, 0.4) is 0 Å². The highest BCUT2D eigenvalue weighted by Crippen LogP contribution is 2.49. The van der Waals surface area contributed by atoms with E-state index in [2.05, 4.69) is 13.8 Å². The van der Waals surface area contributed by atoms with Crippen LogP contribution in [0.5, 0.6) is 5.75 Å². The van der Waals surface area contributed by atoms with Crippen molar-refractivity contribution in [1.82, 2.24) is 0 Å². The van der Waals surface area contributed by atoms with Crippen LogP contribution in [0.15, 0.2) is 48.5 Å². The SMILES string of the molecule is Cc1ccc2c(c1)OC(F)(F)c1c-2ccc2cc(C(C)C)ccc12. The predicted molar refractivity (Wildman–Crippen MR) is 92.7 cm³/mol. The zero-order valence-electron chi connectivity index (χ0n) is 13.9. The molecule has 0 saturated heterocycles. The summed E-state index contributed by atoms with van der Waals surface area (Å²) in [5.74, 6) is 0.594. The van der Waals surface area contributed by atoms with Crippen LogP contribution >= 0.6 is 0 Å². The van der Waals surface area contributed by atoms with Gasteiger partial charge in [0.05, 0.1) is 5.56 Å². The third-order valence-electron chi connectivity index (χ3n) is 4.67. The lowest BCUT2D eigenvalue weighted by atomic mass is 9.89. The molecule has 3 aromatic carbocycles. The molecule has 24 heavy (non-hydrogen) atoms. The van der Waals surface area contributed by atoms with Crippen molar-refractivity contribution in [3.05, 3.63) is 65.2 Å². The fourth-order valence-electron chi connectivity index (χ4n) is 3.37. The van der Waals surface area contributed by atoms with Crippen molar-refractivity contribution in [2.24, 2.45) is 0 Å². The van der Waals surface area contributed by atoms with E-state index in [0.717, 1.165) is 22.1 Å². The standard InChI is InChI=1S/C21H18F2O/c1-12(2)14-5-8-16-15(11-14)6-9-18-17-7-4-13(3)10-19(17)24-21(22,23)20(16)18/h4-12H,1-3H3. The highest BCUT2D eigenvalue weighted by Gasteiger charge is 2.43. The Morgan fingerprint density at radius 3 is 2.42 bits per heavy atom. The molecule has 1 aliphatic heterocycles. The molecule has 1 nitrogen and oxygen atoms in total. The van der Waals surface area contributed by atoms with E-state index in [1.54, 1.807) is 18.2 Å². The van der Waals surface area contributed by atoms with Crippen molar-refractivity contribution in [3.8, 4) is 16.9 Å². The van der Waals surface area contributed by atoms with Crippen molar-refractivity contribution in [1.29, 1.82) is 0 Å². The molecule has 0 fully saturated rings. The Morgan fingerprint density at radius 2 is 1.67 bits per heavy atom. The first-order chi connectivity index (χ1) is 11.4. The summed E-state index contributed by atoms with van der Waals surface area (Å²) >= 11 is 0. The number of rotatable bonds is 1. The van der Waals surface area contributed by atoms with Gasteiger partial charge in [-0.25, -0.2) is 0 Å². The number of fused-ring (bicyclic) bond motifs is 5. The van der Waals surface area contributed by atoms with E-state index in [4.69, 9.17) is 4.74 Å². The first-order valence-corrected chi connectivity index (χ1v) is 8.12. The van der Waals surface area contributed by atoms with Gasteiger partial charge in [0.15, 0.2) is 0 Å². The molecule has 3 heteroatoms. The van der Waals surface area contributed by atoms with Crippen molar-refractivity contribution < 1.29 is 13.5 Å². The molecule has 0 aromatic heterocycles. The quantitative estimate of drug-likeness (QED) is 0.504. The normalized spacial score (nSPS) is 15.1. The summed E-state index contributed by atoms with van der Waals surface area (Å²) in [4.78, 5) is 0. The number of alkyl halides is 2. The second kappa shape index (κ2) is 5.04. The zero-order valence-corrected chi connectivity index (χ0v) is 13.9. The smallest absolute Gasteiger partial charge is 0.427 e. The molecule has 0 radical (unpaired) electrons. The highest BCUT2D eigenvalue weighted by molar-refractivity contribution is 5.94. The van der Waals surface area contributed by atoms with Crippen molar-refractivity contribution >= 4 is 10.8 Å². The summed E-state index contributed by atoms with van der Waals surface area (Å²) in [7, 11) is 0. The van der Waals surface area contributed by atoms with Gasteiger partial charge in [-0.05, 0) is 46.4 Å². The Labute approximate surface area is 139 Å². The number of halogens is 2. The summed E-state index contributed by atoms with van der Waals surface area (Å²) in [5, 5.41) is 1.37. The van der Waals surface area contributed by atoms with Gasteiger partial charge in [-0.15, -0.1) is 0 Å². The van der Waals surface area contributed by atoms with Crippen LogP contribution in [0.1, 0.15) is 36.5 Å². The molecule has 1 aliphatic rings. The maximum atomic E-state index is 14.8.